The number of carbonyl (C=O) groups excluding carboxylic acids is 1. The second kappa shape index (κ2) is 9.34. The Morgan fingerprint density at radius 1 is 1.38 bits per heavy atom. The van der Waals surface area contributed by atoms with Gasteiger partial charge in [0.1, 0.15) is 17.7 Å². The van der Waals surface area contributed by atoms with Gasteiger partial charge < -0.3 is 14.9 Å². The van der Waals surface area contributed by atoms with Crippen molar-refractivity contribution in [2.75, 3.05) is 13.1 Å². The molecule has 0 amide bonds. The fraction of sp³-hybridized carbons (Fsp3) is 0.588. The Kier molecular flexibility index (Phi) is 8.12. The average molecular weight is 405 g/mol. The van der Waals surface area contributed by atoms with Crippen LogP contribution in [-0.4, -0.2) is 25.2 Å². The van der Waals surface area contributed by atoms with Crippen LogP contribution in [0.4, 0.5) is 4.39 Å². The molecule has 136 valence electrons. The number of hydroxylamine groups is 1. The first kappa shape index (κ1) is 20.9. The topological polar surface area (TPSA) is 59.6 Å². The molecule has 0 bridgehead atoms. The van der Waals surface area contributed by atoms with Crippen molar-refractivity contribution in [3.05, 3.63) is 28.0 Å². The van der Waals surface area contributed by atoms with Crippen molar-refractivity contribution in [2.45, 2.75) is 47.3 Å². The molecule has 0 radical (unpaired) electrons. The number of rotatable bonds is 8. The summed E-state index contributed by atoms with van der Waals surface area (Å²) in [6, 6.07) is 2.96. The van der Waals surface area contributed by atoms with Crippen molar-refractivity contribution in [2.24, 2.45) is 5.41 Å². The zero-order valence-electron chi connectivity index (χ0n) is 14.8. The largest absolute Gasteiger partial charge is 0.489 e. The second-order valence-electron chi connectivity index (χ2n) is 6.53. The first-order chi connectivity index (χ1) is 11.2. The quantitative estimate of drug-likeness (QED) is 0.648. The van der Waals surface area contributed by atoms with Crippen LogP contribution in [0.1, 0.15) is 40.2 Å². The van der Waals surface area contributed by atoms with E-state index in [0.29, 0.717) is 23.3 Å². The smallest absolute Gasteiger partial charge is 0.329 e. The second-order valence-corrected chi connectivity index (χ2v) is 7.33. The van der Waals surface area contributed by atoms with Crippen molar-refractivity contribution in [3.63, 3.8) is 0 Å². The highest BCUT2D eigenvalue weighted by Crippen LogP contribution is 2.30. The lowest BCUT2D eigenvalue weighted by atomic mass is 9.98. The number of hydrogen-bond acceptors (Lipinski definition) is 5. The van der Waals surface area contributed by atoms with Crippen molar-refractivity contribution in [3.8, 4) is 5.75 Å². The summed E-state index contributed by atoms with van der Waals surface area (Å²) in [7, 11) is 0. The van der Waals surface area contributed by atoms with Crippen LogP contribution in [0, 0.1) is 11.2 Å². The van der Waals surface area contributed by atoms with Gasteiger partial charge in [-0.25, -0.2) is 9.18 Å². The minimum atomic E-state index is -0.572. The molecule has 1 aromatic carbocycles. The van der Waals surface area contributed by atoms with Crippen LogP contribution in [0.5, 0.6) is 5.75 Å². The van der Waals surface area contributed by atoms with Crippen molar-refractivity contribution < 1.29 is 18.8 Å². The van der Waals surface area contributed by atoms with E-state index in [4.69, 9.17) is 9.57 Å². The summed E-state index contributed by atoms with van der Waals surface area (Å²) in [5, 5.41) is 3.16. The number of ether oxygens (including phenoxy) is 1. The number of benzene rings is 1. The summed E-state index contributed by atoms with van der Waals surface area (Å²) in [4.78, 5) is 16.7. The molecule has 1 rings (SSSR count). The molecule has 0 spiro atoms. The van der Waals surface area contributed by atoms with Gasteiger partial charge in [0, 0.05) is 12.1 Å². The minimum absolute atomic E-state index is 0.268. The van der Waals surface area contributed by atoms with Gasteiger partial charge in [0.2, 0.25) is 0 Å². The summed E-state index contributed by atoms with van der Waals surface area (Å²) in [6.07, 6.45) is -0.268. The molecule has 0 aliphatic heterocycles. The van der Waals surface area contributed by atoms with Crippen LogP contribution in [0.2, 0.25) is 0 Å². The van der Waals surface area contributed by atoms with Gasteiger partial charge in [-0.15, -0.1) is 5.48 Å². The summed E-state index contributed by atoms with van der Waals surface area (Å²) in [5.41, 5.74) is 2.77. The third kappa shape index (κ3) is 6.37. The van der Waals surface area contributed by atoms with E-state index in [-0.39, 0.29) is 17.9 Å². The Morgan fingerprint density at radius 3 is 2.62 bits per heavy atom. The van der Waals surface area contributed by atoms with Crippen molar-refractivity contribution in [1.29, 1.82) is 0 Å². The first-order valence-corrected chi connectivity index (χ1v) is 8.74. The van der Waals surface area contributed by atoms with Gasteiger partial charge in [-0.1, -0.05) is 6.92 Å². The number of hydrogen-bond donors (Lipinski definition) is 2. The predicted molar refractivity (Wildman–Crippen MR) is 95.1 cm³/mol. The summed E-state index contributed by atoms with van der Waals surface area (Å²) in [5.74, 6) is -0.0899. The molecule has 0 aromatic heterocycles. The maximum absolute atomic E-state index is 13.7. The summed E-state index contributed by atoms with van der Waals surface area (Å²) < 4.78 is 20.0. The highest BCUT2D eigenvalue weighted by Gasteiger charge is 2.23. The number of nitrogens with one attached hydrogen (secondary N) is 2. The molecule has 7 heteroatoms. The Labute approximate surface area is 151 Å². The van der Waals surface area contributed by atoms with Crippen LogP contribution in [-0.2, 0) is 16.2 Å². The third-order valence-electron chi connectivity index (χ3n) is 3.18. The van der Waals surface area contributed by atoms with Gasteiger partial charge >= 0.3 is 5.97 Å². The normalized spacial score (nSPS) is 12.8. The van der Waals surface area contributed by atoms with E-state index >= 15 is 0 Å². The van der Waals surface area contributed by atoms with Crippen LogP contribution < -0.4 is 15.5 Å². The Bertz CT molecular complexity index is 562. The van der Waals surface area contributed by atoms with Gasteiger partial charge in [0.05, 0.1) is 16.4 Å². The standard InChI is InChI=1S/C17H26BrFN2O3/c1-6-20-10-12-14(8-7-13(19)15(12)18)23-11(2)9-21-24-16(22)17(3,4)5/h7-8,11,20-21H,6,9-10H2,1-5H3. The fourth-order valence-electron chi connectivity index (χ4n) is 1.74. The Balaban J connectivity index is 2.65. The van der Waals surface area contributed by atoms with Crippen molar-refractivity contribution >= 4 is 21.9 Å². The maximum atomic E-state index is 13.7. The number of carbonyl (C=O) groups is 1. The molecule has 0 aliphatic carbocycles. The zero-order chi connectivity index (χ0) is 18.3. The van der Waals surface area contributed by atoms with Crippen LogP contribution in [0.3, 0.4) is 0 Å². The molecule has 1 atom stereocenters. The molecule has 0 saturated carbocycles. The lowest BCUT2D eigenvalue weighted by molar-refractivity contribution is -0.161. The SMILES string of the molecule is CCNCc1c(OC(C)CNOC(=O)C(C)(C)C)ccc(F)c1Br. The van der Waals surface area contributed by atoms with Gasteiger partial charge in [-0.05, 0) is 62.3 Å². The van der Waals surface area contributed by atoms with E-state index in [0.717, 1.165) is 12.1 Å². The van der Waals surface area contributed by atoms with Crippen LogP contribution in [0.15, 0.2) is 16.6 Å². The van der Waals surface area contributed by atoms with E-state index in [1.165, 1.54) is 6.07 Å². The van der Waals surface area contributed by atoms with E-state index in [2.05, 4.69) is 26.7 Å². The van der Waals surface area contributed by atoms with Gasteiger partial charge in [0.25, 0.3) is 0 Å². The molecule has 0 saturated heterocycles. The lowest BCUT2D eigenvalue weighted by Gasteiger charge is -2.20. The molecule has 0 fully saturated rings. The highest BCUT2D eigenvalue weighted by molar-refractivity contribution is 9.10. The Morgan fingerprint density at radius 2 is 2.04 bits per heavy atom. The Hall–Kier alpha value is -1.18. The molecule has 5 nitrogen and oxygen atoms in total. The van der Waals surface area contributed by atoms with E-state index in [9.17, 15) is 9.18 Å². The highest BCUT2D eigenvalue weighted by atomic mass is 79.9. The monoisotopic (exact) mass is 404 g/mol. The first-order valence-electron chi connectivity index (χ1n) is 7.95. The lowest BCUT2D eigenvalue weighted by Crippen LogP contribution is -2.35. The molecule has 24 heavy (non-hydrogen) atoms. The summed E-state index contributed by atoms with van der Waals surface area (Å²) >= 11 is 3.26. The predicted octanol–water partition coefficient (Wildman–Crippen LogP) is 3.56. The van der Waals surface area contributed by atoms with Gasteiger partial charge in [0.15, 0.2) is 0 Å². The van der Waals surface area contributed by atoms with Gasteiger partial charge in [-0.2, -0.15) is 0 Å². The minimum Gasteiger partial charge on any atom is -0.489 e. The molecular weight excluding hydrogens is 379 g/mol. The van der Waals surface area contributed by atoms with Crippen molar-refractivity contribution in [1.82, 2.24) is 10.8 Å². The van der Waals surface area contributed by atoms with Gasteiger partial charge in [-0.3, -0.25) is 0 Å². The fourth-order valence-corrected chi connectivity index (χ4v) is 2.20. The number of halogens is 2. The molecule has 1 aromatic rings. The van der Waals surface area contributed by atoms with E-state index < -0.39 is 5.41 Å². The maximum Gasteiger partial charge on any atom is 0.329 e. The van der Waals surface area contributed by atoms with Crippen LogP contribution >= 0.6 is 15.9 Å². The molecule has 0 aliphatic rings. The molecule has 0 heterocycles. The molecular formula is C17H26BrFN2O3. The van der Waals surface area contributed by atoms with E-state index in [1.54, 1.807) is 26.8 Å². The average Bonchev–Trinajstić information content (AvgIpc) is 2.49. The summed E-state index contributed by atoms with van der Waals surface area (Å²) in [6.45, 7) is 10.7. The molecule has 2 N–H and O–H groups in total. The van der Waals surface area contributed by atoms with E-state index in [1.807, 2.05) is 13.8 Å². The molecule has 1 unspecified atom stereocenters. The zero-order valence-corrected chi connectivity index (χ0v) is 16.4. The van der Waals surface area contributed by atoms with Crippen LogP contribution in [0.25, 0.3) is 0 Å². The third-order valence-corrected chi connectivity index (χ3v) is 4.04.